The summed E-state index contributed by atoms with van der Waals surface area (Å²) in [5.41, 5.74) is 2.34. The van der Waals surface area contributed by atoms with Gasteiger partial charge in [0.2, 0.25) is 5.91 Å². The number of nitrogens with one attached hydrogen (secondary N) is 2. The number of hydrogen-bond acceptors (Lipinski definition) is 2. The van der Waals surface area contributed by atoms with E-state index in [-0.39, 0.29) is 23.5 Å². The molecule has 0 fully saturated rings. The highest BCUT2D eigenvalue weighted by molar-refractivity contribution is 6.01. The second-order valence-electron chi connectivity index (χ2n) is 6.52. The Bertz CT molecular complexity index is 787. The fraction of sp³-hybridized carbons (Fsp3) is 0.300. The zero-order chi connectivity index (χ0) is 18.6. The monoisotopic (exact) mass is 342 g/mol. The average molecular weight is 342 g/mol. The summed E-state index contributed by atoms with van der Waals surface area (Å²) in [5, 5.41) is 5.43. The van der Waals surface area contributed by atoms with Gasteiger partial charge in [0.05, 0.1) is 0 Å². The van der Waals surface area contributed by atoms with Crippen LogP contribution in [0.2, 0.25) is 0 Å². The van der Waals surface area contributed by atoms with E-state index in [2.05, 4.69) is 10.6 Å². The lowest BCUT2D eigenvalue weighted by Gasteiger charge is -2.22. The van der Waals surface area contributed by atoms with Gasteiger partial charge in [-0.05, 0) is 49.6 Å². The zero-order valence-corrected chi connectivity index (χ0v) is 14.9. The molecule has 0 aliphatic heterocycles. The van der Waals surface area contributed by atoms with E-state index in [0.717, 1.165) is 5.56 Å². The number of aryl methyl sites for hydroxylation is 2. The fourth-order valence-corrected chi connectivity index (χ4v) is 2.44. The fourth-order valence-electron chi connectivity index (χ4n) is 2.44. The molecule has 0 saturated heterocycles. The van der Waals surface area contributed by atoms with Gasteiger partial charge in [-0.1, -0.05) is 37.6 Å². The van der Waals surface area contributed by atoms with Gasteiger partial charge in [0.15, 0.2) is 0 Å². The number of carbonyl (C=O) groups is 2. The molecule has 4 nitrogen and oxygen atoms in total. The van der Waals surface area contributed by atoms with E-state index < -0.39 is 6.04 Å². The standard InChI is InChI=1S/C20H23FN2O2/c1-12(2)18(23-19(24)15-7-5-6-13(3)10-15)20(25)22-16-9-8-14(4)17(21)11-16/h5-12,18H,1-4H3,(H,22,25)(H,23,24). The summed E-state index contributed by atoms with van der Waals surface area (Å²) in [6.07, 6.45) is 0. The highest BCUT2D eigenvalue weighted by Gasteiger charge is 2.25. The van der Waals surface area contributed by atoms with Gasteiger partial charge in [0, 0.05) is 11.3 Å². The van der Waals surface area contributed by atoms with Crippen molar-refractivity contribution in [3.8, 4) is 0 Å². The third-order valence-corrected chi connectivity index (χ3v) is 3.96. The molecule has 2 amide bonds. The summed E-state index contributed by atoms with van der Waals surface area (Å²) in [6.45, 7) is 7.24. The van der Waals surface area contributed by atoms with Crippen molar-refractivity contribution in [1.82, 2.24) is 5.32 Å². The van der Waals surface area contributed by atoms with Gasteiger partial charge in [0.25, 0.3) is 5.91 Å². The lowest BCUT2D eigenvalue weighted by atomic mass is 10.0. The molecular weight excluding hydrogens is 319 g/mol. The van der Waals surface area contributed by atoms with Gasteiger partial charge in [-0.15, -0.1) is 0 Å². The molecule has 2 rings (SSSR count). The maximum atomic E-state index is 13.6. The first-order valence-electron chi connectivity index (χ1n) is 8.22. The molecule has 0 saturated carbocycles. The molecule has 2 aromatic carbocycles. The number of hydrogen-bond donors (Lipinski definition) is 2. The Hall–Kier alpha value is -2.69. The second kappa shape index (κ2) is 7.92. The van der Waals surface area contributed by atoms with Crippen LogP contribution < -0.4 is 10.6 Å². The van der Waals surface area contributed by atoms with Crippen molar-refractivity contribution >= 4 is 17.5 Å². The number of carbonyl (C=O) groups excluding carboxylic acids is 2. The molecule has 25 heavy (non-hydrogen) atoms. The van der Waals surface area contributed by atoms with Gasteiger partial charge >= 0.3 is 0 Å². The molecule has 5 heteroatoms. The van der Waals surface area contributed by atoms with Gasteiger partial charge in [-0.2, -0.15) is 0 Å². The summed E-state index contributed by atoms with van der Waals surface area (Å²) < 4.78 is 13.6. The predicted molar refractivity (Wildman–Crippen MR) is 97.0 cm³/mol. The van der Waals surface area contributed by atoms with Crippen LogP contribution in [0.5, 0.6) is 0 Å². The van der Waals surface area contributed by atoms with Crippen LogP contribution in [-0.4, -0.2) is 17.9 Å². The van der Waals surface area contributed by atoms with Crippen molar-refractivity contribution in [1.29, 1.82) is 0 Å². The zero-order valence-electron chi connectivity index (χ0n) is 14.9. The summed E-state index contributed by atoms with van der Waals surface area (Å²) in [7, 11) is 0. The first kappa shape index (κ1) is 18.6. The minimum atomic E-state index is -0.725. The number of halogens is 1. The molecule has 2 N–H and O–H groups in total. The van der Waals surface area contributed by atoms with Crippen molar-refractivity contribution in [3.63, 3.8) is 0 Å². The third-order valence-electron chi connectivity index (χ3n) is 3.96. The molecule has 132 valence electrons. The van der Waals surface area contributed by atoms with Gasteiger partial charge < -0.3 is 10.6 Å². The van der Waals surface area contributed by atoms with Crippen LogP contribution in [0.15, 0.2) is 42.5 Å². The van der Waals surface area contributed by atoms with Crippen LogP contribution in [0, 0.1) is 25.6 Å². The Kier molecular flexibility index (Phi) is 5.91. The number of amides is 2. The first-order chi connectivity index (χ1) is 11.8. The third kappa shape index (κ3) is 4.89. The van der Waals surface area contributed by atoms with E-state index in [1.165, 1.54) is 6.07 Å². The number of rotatable bonds is 5. The molecule has 0 aromatic heterocycles. The molecule has 0 aliphatic carbocycles. The molecule has 0 aliphatic rings. The summed E-state index contributed by atoms with van der Waals surface area (Å²) >= 11 is 0. The molecule has 2 aromatic rings. The lowest BCUT2D eigenvalue weighted by molar-refractivity contribution is -0.118. The topological polar surface area (TPSA) is 58.2 Å². The summed E-state index contributed by atoms with van der Waals surface area (Å²) in [5.74, 6) is -1.20. The van der Waals surface area contributed by atoms with Crippen LogP contribution in [0.3, 0.4) is 0 Å². The molecule has 1 unspecified atom stereocenters. The molecular formula is C20H23FN2O2. The molecule has 1 atom stereocenters. The van der Waals surface area contributed by atoms with E-state index in [1.807, 2.05) is 26.8 Å². The van der Waals surface area contributed by atoms with E-state index in [9.17, 15) is 14.0 Å². The van der Waals surface area contributed by atoms with Crippen LogP contribution in [0.1, 0.15) is 35.3 Å². The van der Waals surface area contributed by atoms with Crippen molar-refractivity contribution in [2.45, 2.75) is 33.7 Å². The van der Waals surface area contributed by atoms with E-state index >= 15 is 0 Å². The van der Waals surface area contributed by atoms with Crippen molar-refractivity contribution in [3.05, 3.63) is 65.0 Å². The predicted octanol–water partition coefficient (Wildman–Crippen LogP) is 3.84. The Morgan fingerprint density at radius 2 is 1.76 bits per heavy atom. The van der Waals surface area contributed by atoms with Crippen LogP contribution in [-0.2, 0) is 4.79 Å². The minimum Gasteiger partial charge on any atom is -0.340 e. The van der Waals surface area contributed by atoms with Gasteiger partial charge in [-0.25, -0.2) is 4.39 Å². The smallest absolute Gasteiger partial charge is 0.251 e. The highest BCUT2D eigenvalue weighted by atomic mass is 19.1. The van der Waals surface area contributed by atoms with Crippen LogP contribution >= 0.6 is 0 Å². The lowest BCUT2D eigenvalue weighted by Crippen LogP contribution is -2.47. The van der Waals surface area contributed by atoms with Crippen molar-refractivity contribution in [2.24, 2.45) is 5.92 Å². The second-order valence-corrected chi connectivity index (χ2v) is 6.52. The quantitative estimate of drug-likeness (QED) is 0.867. The normalized spacial score (nSPS) is 11.9. The maximum absolute atomic E-state index is 13.6. The molecule has 0 spiro atoms. The molecule has 0 bridgehead atoms. The number of benzene rings is 2. The Morgan fingerprint density at radius 3 is 2.36 bits per heavy atom. The average Bonchev–Trinajstić information content (AvgIpc) is 2.55. The van der Waals surface area contributed by atoms with E-state index in [4.69, 9.17) is 0 Å². The number of anilines is 1. The largest absolute Gasteiger partial charge is 0.340 e. The van der Waals surface area contributed by atoms with Crippen molar-refractivity contribution in [2.75, 3.05) is 5.32 Å². The SMILES string of the molecule is Cc1cccc(C(=O)NC(C(=O)Nc2ccc(C)c(F)c2)C(C)C)c1. The maximum Gasteiger partial charge on any atom is 0.251 e. The molecule has 0 radical (unpaired) electrons. The van der Waals surface area contributed by atoms with E-state index in [1.54, 1.807) is 37.3 Å². The van der Waals surface area contributed by atoms with Crippen molar-refractivity contribution < 1.29 is 14.0 Å². The van der Waals surface area contributed by atoms with Gasteiger partial charge in [0.1, 0.15) is 11.9 Å². The summed E-state index contributed by atoms with van der Waals surface area (Å²) in [4.78, 5) is 25.0. The van der Waals surface area contributed by atoms with Gasteiger partial charge in [-0.3, -0.25) is 9.59 Å². The summed E-state index contributed by atoms with van der Waals surface area (Å²) in [6, 6.07) is 10.9. The highest BCUT2D eigenvalue weighted by Crippen LogP contribution is 2.15. The van der Waals surface area contributed by atoms with Crippen LogP contribution in [0.4, 0.5) is 10.1 Å². The van der Waals surface area contributed by atoms with Crippen LogP contribution in [0.25, 0.3) is 0 Å². The Balaban J connectivity index is 2.12. The first-order valence-corrected chi connectivity index (χ1v) is 8.22. The molecule has 0 heterocycles. The minimum absolute atomic E-state index is 0.121. The Labute approximate surface area is 147 Å². The van der Waals surface area contributed by atoms with E-state index in [0.29, 0.717) is 16.8 Å². The Morgan fingerprint density at radius 1 is 1.04 bits per heavy atom.